The van der Waals surface area contributed by atoms with E-state index in [-0.39, 0.29) is 17.9 Å². The van der Waals surface area contributed by atoms with E-state index in [1.54, 1.807) is 0 Å². The van der Waals surface area contributed by atoms with Crippen molar-refractivity contribution in [3.05, 3.63) is 102 Å². The zero-order chi connectivity index (χ0) is 26.9. The fourth-order valence-electron chi connectivity index (χ4n) is 6.11. The Morgan fingerprint density at radius 1 is 0.641 bits per heavy atom. The number of hydrogen-bond donors (Lipinski definition) is 0. The monoisotopic (exact) mass is 512 g/mol. The average molecular weight is 513 g/mol. The molecule has 1 aliphatic rings. The van der Waals surface area contributed by atoms with Crippen molar-refractivity contribution in [2.75, 3.05) is 0 Å². The van der Waals surface area contributed by atoms with Gasteiger partial charge in [-0.05, 0) is 64.4 Å². The number of nitrogens with zero attached hydrogens (tertiary/aromatic N) is 2. The summed E-state index contributed by atoms with van der Waals surface area (Å²) < 4.78 is 0. The molecule has 0 aliphatic carbocycles. The summed E-state index contributed by atoms with van der Waals surface area (Å²) in [5.74, 6) is -0.345. The van der Waals surface area contributed by atoms with Crippen LogP contribution in [0, 0.1) is 0 Å². The lowest BCUT2D eigenvalue weighted by Gasteiger charge is -2.34. The lowest BCUT2D eigenvalue weighted by Crippen LogP contribution is -2.46. The minimum Gasteiger partial charge on any atom is -0.271 e. The van der Waals surface area contributed by atoms with E-state index < -0.39 is 0 Å². The Balaban J connectivity index is 1.50. The molecule has 1 aliphatic heterocycles. The maximum absolute atomic E-state index is 13.8. The highest BCUT2D eigenvalue weighted by Crippen LogP contribution is 2.41. The van der Waals surface area contributed by atoms with E-state index in [4.69, 9.17) is 0 Å². The molecular weight excluding hydrogens is 480 g/mol. The summed E-state index contributed by atoms with van der Waals surface area (Å²) in [5.41, 5.74) is 5.33. The van der Waals surface area contributed by atoms with Gasteiger partial charge in [0.1, 0.15) is 0 Å². The van der Waals surface area contributed by atoms with Crippen LogP contribution in [0.15, 0.2) is 91.1 Å². The van der Waals surface area contributed by atoms with Crippen LogP contribution in [0.4, 0.5) is 0 Å². The predicted molar refractivity (Wildman–Crippen MR) is 159 cm³/mol. The van der Waals surface area contributed by atoms with Gasteiger partial charge in [-0.15, -0.1) is 0 Å². The van der Waals surface area contributed by atoms with Crippen LogP contribution in [-0.2, 0) is 0 Å². The molecule has 194 valence electrons. The van der Waals surface area contributed by atoms with Crippen molar-refractivity contribution in [1.29, 1.82) is 0 Å². The average Bonchev–Trinajstić information content (AvgIpc) is 2.99. The zero-order valence-electron chi connectivity index (χ0n) is 22.5. The number of benzene rings is 4. The quantitative estimate of drug-likeness (QED) is 0.154. The first kappa shape index (κ1) is 25.0. The number of fused-ring (bicyclic) bond motifs is 1. The van der Waals surface area contributed by atoms with Gasteiger partial charge >= 0.3 is 0 Å². The van der Waals surface area contributed by atoms with Crippen LogP contribution in [0.2, 0.25) is 0 Å². The minimum atomic E-state index is -0.172. The molecule has 0 saturated heterocycles. The van der Waals surface area contributed by atoms with Gasteiger partial charge in [-0.3, -0.25) is 19.5 Å². The second kappa shape index (κ2) is 10.5. The first-order chi connectivity index (χ1) is 19.1. The van der Waals surface area contributed by atoms with Gasteiger partial charge < -0.3 is 0 Å². The van der Waals surface area contributed by atoms with Crippen LogP contribution in [0.3, 0.4) is 0 Å². The largest absolute Gasteiger partial charge is 0.271 e. The third kappa shape index (κ3) is 4.21. The number of unbranched alkanes of at least 4 members (excludes halogenated alkanes) is 2. The summed E-state index contributed by atoms with van der Waals surface area (Å²) in [6.45, 7) is 4.23. The standard InChI is InChI=1S/C35H32N2O2/c1-3-5-6-12-23(4-2)37-34(38)30-16-11-15-29-27(19-21-31(33(29)30)35(37)39)26-18-20-28(32-17-9-10-22-36-32)25-14-8-7-13-24(25)26/h7-11,13-23H,3-6,12H2,1-2H3. The molecule has 1 atom stereocenters. The van der Waals surface area contributed by atoms with Crippen molar-refractivity contribution in [3.8, 4) is 22.4 Å². The topological polar surface area (TPSA) is 50.3 Å². The van der Waals surface area contributed by atoms with Crippen LogP contribution in [-0.4, -0.2) is 27.7 Å². The molecule has 2 heterocycles. The van der Waals surface area contributed by atoms with Crippen molar-refractivity contribution in [2.45, 2.75) is 52.0 Å². The van der Waals surface area contributed by atoms with Gasteiger partial charge in [0.2, 0.25) is 0 Å². The molecule has 0 spiro atoms. The number of imide groups is 1. The van der Waals surface area contributed by atoms with Gasteiger partial charge in [0, 0.05) is 34.3 Å². The van der Waals surface area contributed by atoms with E-state index >= 15 is 0 Å². The molecule has 4 aromatic carbocycles. The van der Waals surface area contributed by atoms with Gasteiger partial charge in [0.15, 0.2) is 0 Å². The van der Waals surface area contributed by atoms with E-state index in [1.807, 2.05) is 66.9 Å². The number of pyridine rings is 1. The fraction of sp³-hybridized carbons (Fsp3) is 0.229. The number of rotatable bonds is 8. The van der Waals surface area contributed by atoms with Gasteiger partial charge in [0.05, 0.1) is 5.69 Å². The lowest BCUT2D eigenvalue weighted by molar-refractivity contribution is 0.0524. The first-order valence-electron chi connectivity index (χ1n) is 14.0. The van der Waals surface area contributed by atoms with Gasteiger partial charge in [-0.1, -0.05) is 93.8 Å². The van der Waals surface area contributed by atoms with Crippen LogP contribution >= 0.6 is 0 Å². The Kier molecular flexibility index (Phi) is 6.70. The van der Waals surface area contributed by atoms with Crippen LogP contribution in [0.1, 0.15) is 66.7 Å². The fourth-order valence-corrected chi connectivity index (χ4v) is 6.11. The number of amides is 2. The van der Waals surface area contributed by atoms with Crippen molar-refractivity contribution in [1.82, 2.24) is 9.88 Å². The Bertz CT molecular complexity index is 1680. The summed E-state index contributed by atoms with van der Waals surface area (Å²) >= 11 is 0. The molecule has 39 heavy (non-hydrogen) atoms. The summed E-state index contributed by atoms with van der Waals surface area (Å²) in [6.07, 6.45) is 6.66. The number of hydrogen-bond acceptors (Lipinski definition) is 3. The van der Waals surface area contributed by atoms with Crippen molar-refractivity contribution in [2.24, 2.45) is 0 Å². The molecule has 0 N–H and O–H groups in total. The van der Waals surface area contributed by atoms with E-state index in [9.17, 15) is 9.59 Å². The maximum atomic E-state index is 13.8. The van der Waals surface area contributed by atoms with Crippen LogP contribution in [0.5, 0.6) is 0 Å². The van der Waals surface area contributed by atoms with Crippen LogP contribution < -0.4 is 0 Å². The summed E-state index contributed by atoms with van der Waals surface area (Å²) in [7, 11) is 0. The Hall–Kier alpha value is -4.31. The minimum absolute atomic E-state index is 0.0808. The molecule has 4 heteroatoms. The molecule has 5 aromatic rings. The van der Waals surface area contributed by atoms with Gasteiger partial charge in [0.25, 0.3) is 11.8 Å². The first-order valence-corrected chi connectivity index (χ1v) is 14.0. The van der Waals surface area contributed by atoms with E-state index in [1.165, 1.54) is 4.90 Å². The van der Waals surface area contributed by atoms with Crippen molar-refractivity contribution < 1.29 is 9.59 Å². The second-order valence-corrected chi connectivity index (χ2v) is 10.3. The summed E-state index contributed by atoms with van der Waals surface area (Å²) in [5, 5.41) is 3.92. The van der Waals surface area contributed by atoms with E-state index in [2.05, 4.69) is 43.1 Å². The molecule has 4 nitrogen and oxygen atoms in total. The lowest BCUT2D eigenvalue weighted by atomic mass is 9.86. The Morgan fingerprint density at radius 3 is 1.95 bits per heavy atom. The molecule has 0 fully saturated rings. The zero-order valence-corrected chi connectivity index (χ0v) is 22.5. The molecule has 0 saturated carbocycles. The van der Waals surface area contributed by atoms with Crippen molar-refractivity contribution in [3.63, 3.8) is 0 Å². The number of aromatic nitrogens is 1. The third-order valence-corrected chi connectivity index (χ3v) is 8.07. The summed E-state index contributed by atoms with van der Waals surface area (Å²) in [6, 6.07) is 28.3. The van der Waals surface area contributed by atoms with Gasteiger partial charge in [-0.2, -0.15) is 0 Å². The molecule has 0 radical (unpaired) electrons. The third-order valence-electron chi connectivity index (χ3n) is 8.07. The highest BCUT2D eigenvalue weighted by atomic mass is 16.2. The smallest absolute Gasteiger partial charge is 0.261 e. The second-order valence-electron chi connectivity index (χ2n) is 10.3. The SMILES string of the molecule is CCCCCC(CC)N1C(=O)c2cccc3c(-c4ccc(-c5ccccn5)c5ccccc45)ccc(c23)C1=O. The molecule has 1 aromatic heterocycles. The Labute approximate surface area is 229 Å². The Morgan fingerprint density at radius 2 is 1.26 bits per heavy atom. The van der Waals surface area contributed by atoms with Gasteiger partial charge in [-0.25, -0.2) is 0 Å². The molecular formula is C35H32N2O2. The van der Waals surface area contributed by atoms with E-state index in [0.29, 0.717) is 11.1 Å². The number of carbonyl (C=O) groups is 2. The molecule has 6 rings (SSSR count). The van der Waals surface area contributed by atoms with Crippen LogP contribution in [0.25, 0.3) is 43.9 Å². The maximum Gasteiger partial charge on any atom is 0.261 e. The predicted octanol–water partition coefficient (Wildman–Crippen LogP) is 8.68. The van der Waals surface area contributed by atoms with E-state index in [0.717, 1.165) is 76.0 Å². The highest BCUT2D eigenvalue weighted by Gasteiger charge is 2.37. The molecule has 1 unspecified atom stereocenters. The molecule has 0 bridgehead atoms. The number of carbonyl (C=O) groups excluding carboxylic acids is 2. The van der Waals surface area contributed by atoms with Crippen molar-refractivity contribution >= 4 is 33.4 Å². The summed E-state index contributed by atoms with van der Waals surface area (Å²) in [4.78, 5) is 33.7. The highest BCUT2D eigenvalue weighted by molar-refractivity contribution is 6.27. The normalized spacial score (nSPS) is 13.8. The molecule has 2 amide bonds.